The first kappa shape index (κ1) is 18.2. The monoisotopic (exact) mass is 391 g/mol. The number of fused-ring (bicyclic) bond motifs is 3. The summed E-state index contributed by atoms with van der Waals surface area (Å²) in [5.41, 5.74) is 9.74. The number of benzene rings is 2. The number of hydrogen-bond acceptors (Lipinski definition) is 5. The quantitative estimate of drug-likeness (QED) is 0.417. The normalized spacial score (nSPS) is 11.0. The van der Waals surface area contributed by atoms with Crippen LogP contribution in [0.5, 0.6) is 0 Å². The molecule has 6 nitrogen and oxygen atoms in total. The molecule has 0 aliphatic carbocycles. The summed E-state index contributed by atoms with van der Waals surface area (Å²) in [6, 6.07) is 13.9. The summed E-state index contributed by atoms with van der Waals surface area (Å²) in [7, 11) is 0. The molecule has 0 saturated carbocycles. The summed E-state index contributed by atoms with van der Waals surface area (Å²) in [4.78, 5) is 20.5. The van der Waals surface area contributed by atoms with E-state index in [0.717, 1.165) is 50.0 Å². The Bertz CT molecular complexity index is 1150. The van der Waals surface area contributed by atoms with Crippen molar-refractivity contribution in [2.45, 2.75) is 19.8 Å². The van der Waals surface area contributed by atoms with Gasteiger partial charge in [-0.1, -0.05) is 37.6 Å². The fourth-order valence-corrected chi connectivity index (χ4v) is 4.20. The molecule has 4 aromatic rings. The number of unbranched alkanes of at least 4 members (excludes halogenated alkanes) is 1. The summed E-state index contributed by atoms with van der Waals surface area (Å²) < 4.78 is 2.02. The maximum Gasteiger partial charge on any atom is 0.319 e. The number of rotatable bonds is 5. The fraction of sp³-hybridized carbons (Fsp3) is 0.190. The van der Waals surface area contributed by atoms with E-state index in [1.165, 1.54) is 6.33 Å². The predicted molar refractivity (Wildman–Crippen MR) is 117 cm³/mol. The third kappa shape index (κ3) is 3.61. The van der Waals surface area contributed by atoms with Crippen LogP contribution in [0.15, 0.2) is 48.8 Å². The highest BCUT2D eigenvalue weighted by Crippen LogP contribution is 2.37. The Morgan fingerprint density at radius 3 is 2.86 bits per heavy atom. The molecule has 2 aromatic heterocycles. The largest absolute Gasteiger partial charge is 0.382 e. The summed E-state index contributed by atoms with van der Waals surface area (Å²) in [6.07, 6.45) is 3.52. The van der Waals surface area contributed by atoms with E-state index in [2.05, 4.69) is 45.7 Å². The third-order valence-electron chi connectivity index (χ3n) is 4.55. The number of aromatic nitrogens is 2. The number of thiophene rings is 1. The molecule has 2 amide bonds. The van der Waals surface area contributed by atoms with E-state index in [9.17, 15) is 4.79 Å². The zero-order valence-electron chi connectivity index (χ0n) is 15.5. The van der Waals surface area contributed by atoms with Crippen molar-refractivity contribution in [1.82, 2.24) is 15.3 Å². The average Bonchev–Trinajstić information content (AvgIpc) is 3.08. The van der Waals surface area contributed by atoms with Gasteiger partial charge in [-0.25, -0.2) is 14.8 Å². The van der Waals surface area contributed by atoms with Crippen LogP contribution in [0.25, 0.3) is 31.4 Å². The molecule has 4 rings (SSSR count). The van der Waals surface area contributed by atoms with E-state index in [-0.39, 0.29) is 6.03 Å². The SMILES string of the molecule is CCCCNC(=O)Nc1cccc(-c2ccc3c(c2)sc2c(N)ncnc23)c1. The fourth-order valence-electron chi connectivity index (χ4n) is 3.10. The zero-order chi connectivity index (χ0) is 19.5. The zero-order valence-corrected chi connectivity index (χ0v) is 16.3. The number of hydrogen-bond donors (Lipinski definition) is 3. The molecule has 0 bridgehead atoms. The first-order valence-electron chi connectivity index (χ1n) is 9.23. The van der Waals surface area contributed by atoms with E-state index in [1.54, 1.807) is 11.3 Å². The van der Waals surface area contributed by atoms with Gasteiger partial charge in [0.15, 0.2) is 0 Å². The molecule has 0 radical (unpaired) electrons. The van der Waals surface area contributed by atoms with Crippen LogP contribution >= 0.6 is 11.3 Å². The van der Waals surface area contributed by atoms with Gasteiger partial charge in [-0.05, 0) is 35.7 Å². The number of carbonyl (C=O) groups excluding carboxylic acids is 1. The van der Waals surface area contributed by atoms with Gasteiger partial charge in [-0.3, -0.25) is 0 Å². The second-order valence-electron chi connectivity index (χ2n) is 6.56. The molecule has 0 spiro atoms. The number of nitrogen functional groups attached to an aromatic ring is 1. The topological polar surface area (TPSA) is 92.9 Å². The summed E-state index contributed by atoms with van der Waals surface area (Å²) >= 11 is 1.59. The van der Waals surface area contributed by atoms with Crippen molar-refractivity contribution in [3.63, 3.8) is 0 Å². The number of carbonyl (C=O) groups is 1. The van der Waals surface area contributed by atoms with E-state index in [4.69, 9.17) is 5.73 Å². The van der Waals surface area contributed by atoms with Gasteiger partial charge in [0.25, 0.3) is 0 Å². The molecule has 2 heterocycles. The number of anilines is 2. The number of urea groups is 1. The van der Waals surface area contributed by atoms with Crippen molar-refractivity contribution < 1.29 is 4.79 Å². The first-order valence-corrected chi connectivity index (χ1v) is 10.1. The number of amides is 2. The van der Waals surface area contributed by atoms with Crippen LogP contribution in [-0.2, 0) is 0 Å². The molecule has 0 fully saturated rings. The number of nitrogens with one attached hydrogen (secondary N) is 2. The van der Waals surface area contributed by atoms with Gasteiger partial charge in [0.2, 0.25) is 0 Å². The lowest BCUT2D eigenvalue weighted by Crippen LogP contribution is -2.29. The Morgan fingerprint density at radius 2 is 2.00 bits per heavy atom. The molecule has 0 unspecified atom stereocenters. The molecule has 2 aromatic carbocycles. The lowest BCUT2D eigenvalue weighted by molar-refractivity contribution is 0.252. The van der Waals surface area contributed by atoms with Crippen LogP contribution in [-0.4, -0.2) is 22.5 Å². The highest BCUT2D eigenvalue weighted by atomic mass is 32.1. The van der Waals surface area contributed by atoms with Crippen LogP contribution in [0, 0.1) is 0 Å². The molecule has 7 heteroatoms. The standard InChI is InChI=1S/C21H21N5OS/c1-2-3-9-23-21(27)26-15-6-4-5-13(10-15)14-7-8-16-17(11-14)28-19-18(16)24-12-25-20(19)22/h4-8,10-12H,2-3,9H2,1H3,(H2,22,24,25)(H2,23,26,27). The van der Waals surface area contributed by atoms with Crippen LogP contribution in [0.1, 0.15) is 19.8 Å². The molecule has 0 aliphatic heterocycles. The van der Waals surface area contributed by atoms with Crippen molar-refractivity contribution in [3.8, 4) is 11.1 Å². The minimum absolute atomic E-state index is 0.181. The van der Waals surface area contributed by atoms with E-state index in [0.29, 0.717) is 12.4 Å². The van der Waals surface area contributed by atoms with Crippen molar-refractivity contribution in [2.24, 2.45) is 0 Å². The molecule has 142 valence electrons. The van der Waals surface area contributed by atoms with Gasteiger partial charge < -0.3 is 16.4 Å². The highest BCUT2D eigenvalue weighted by Gasteiger charge is 2.11. The molecule has 4 N–H and O–H groups in total. The molecule has 0 atom stereocenters. The van der Waals surface area contributed by atoms with Crippen molar-refractivity contribution in [2.75, 3.05) is 17.6 Å². The van der Waals surface area contributed by atoms with E-state index >= 15 is 0 Å². The summed E-state index contributed by atoms with van der Waals surface area (Å²) in [5, 5.41) is 6.83. The van der Waals surface area contributed by atoms with Gasteiger partial charge in [-0.2, -0.15) is 0 Å². The summed E-state index contributed by atoms with van der Waals surface area (Å²) in [6.45, 7) is 2.77. The van der Waals surface area contributed by atoms with Gasteiger partial charge in [0.05, 0.1) is 10.2 Å². The Balaban J connectivity index is 1.62. The molecule has 0 saturated heterocycles. The van der Waals surface area contributed by atoms with Crippen LogP contribution in [0.3, 0.4) is 0 Å². The lowest BCUT2D eigenvalue weighted by atomic mass is 10.0. The van der Waals surface area contributed by atoms with Gasteiger partial charge in [0.1, 0.15) is 12.1 Å². The molecule has 0 aliphatic rings. The lowest BCUT2D eigenvalue weighted by Gasteiger charge is -2.09. The van der Waals surface area contributed by atoms with E-state index < -0.39 is 0 Å². The number of nitrogens with zero attached hydrogens (tertiary/aromatic N) is 2. The third-order valence-corrected chi connectivity index (χ3v) is 5.71. The van der Waals surface area contributed by atoms with Crippen molar-refractivity contribution >= 4 is 49.2 Å². The van der Waals surface area contributed by atoms with Gasteiger partial charge in [0, 0.05) is 22.3 Å². The second-order valence-corrected chi connectivity index (χ2v) is 7.62. The van der Waals surface area contributed by atoms with E-state index in [1.807, 2.05) is 24.3 Å². The smallest absolute Gasteiger partial charge is 0.319 e. The Morgan fingerprint density at radius 1 is 1.14 bits per heavy atom. The number of nitrogens with two attached hydrogens (primary N) is 1. The van der Waals surface area contributed by atoms with Crippen molar-refractivity contribution in [3.05, 3.63) is 48.8 Å². The molecule has 28 heavy (non-hydrogen) atoms. The Kier molecular flexibility index (Phi) is 5.08. The Labute approximate surface area is 166 Å². The van der Waals surface area contributed by atoms with Gasteiger partial charge >= 0.3 is 6.03 Å². The predicted octanol–water partition coefficient (Wildman–Crippen LogP) is 5.02. The van der Waals surface area contributed by atoms with Crippen LogP contribution < -0.4 is 16.4 Å². The minimum Gasteiger partial charge on any atom is -0.382 e. The minimum atomic E-state index is -0.181. The Hall–Kier alpha value is -3.19. The average molecular weight is 392 g/mol. The highest BCUT2D eigenvalue weighted by molar-refractivity contribution is 7.26. The maximum absolute atomic E-state index is 12.0. The molecular weight excluding hydrogens is 370 g/mol. The molecular formula is C21H21N5OS. The van der Waals surface area contributed by atoms with Crippen LogP contribution in [0.2, 0.25) is 0 Å². The van der Waals surface area contributed by atoms with Gasteiger partial charge in [-0.15, -0.1) is 11.3 Å². The van der Waals surface area contributed by atoms with Crippen molar-refractivity contribution in [1.29, 1.82) is 0 Å². The second kappa shape index (κ2) is 7.82. The summed E-state index contributed by atoms with van der Waals surface area (Å²) in [5.74, 6) is 0.507. The maximum atomic E-state index is 12.0. The first-order chi connectivity index (χ1) is 13.7. The van der Waals surface area contributed by atoms with Crippen LogP contribution in [0.4, 0.5) is 16.3 Å².